The molecule has 12 atom stereocenters. The molecular weight excluding hydrogens is 704 g/mol. The Labute approximate surface area is 309 Å². The highest BCUT2D eigenvalue weighted by atomic mass is 16.7. The maximum atomic E-state index is 14.9. The molecule has 0 amide bonds. The van der Waals surface area contributed by atoms with Crippen LogP contribution in [0.1, 0.15) is 66.2 Å². The van der Waals surface area contributed by atoms with Crippen molar-refractivity contribution in [2.24, 2.45) is 46.3 Å². The number of methoxy groups -OCH3 is 1. The van der Waals surface area contributed by atoms with E-state index in [9.17, 15) is 39.0 Å². The molecule has 14 heteroatoms. The minimum atomic E-state index is -2.16. The largest absolute Gasteiger partial charge is 0.461 e. The molecule has 14 nitrogen and oxygen atoms in total. The van der Waals surface area contributed by atoms with Crippen molar-refractivity contribution in [1.82, 2.24) is 0 Å². The molecule has 1 spiro atoms. The first kappa shape index (κ1) is 34.4. The number of hydrogen-bond donors (Lipinski definition) is 2. The lowest BCUT2D eigenvalue weighted by Gasteiger charge is -2.63. The van der Waals surface area contributed by atoms with E-state index in [1.165, 1.54) is 27.0 Å². The predicted octanol–water partition coefficient (Wildman–Crippen LogP) is 1.86. The SMILES string of the molecule is CO[C@]12OC(=O)C(C)=C1C1=C3[C@@](C)(C2=O)[C@@H]2C[C@@H]2[C@@]3(O)C[C@@H]2[C@]13OC(=O)C1=C3C[C@H]3[C@](O)(COC(=O)/C(C)=C/COC(=O)CCC(=O)OC1)[C@H]1C[C@H]1[C@]23C. The summed E-state index contributed by atoms with van der Waals surface area (Å²) in [5.41, 5.74) is -5.35. The third-order valence-corrected chi connectivity index (χ3v) is 15.6. The number of aliphatic hydroxyl groups is 2. The first-order chi connectivity index (χ1) is 25.5. The fraction of sp³-hybridized carbons (Fsp3) is 0.650. The molecule has 0 unspecified atom stereocenters. The summed E-state index contributed by atoms with van der Waals surface area (Å²) in [7, 11) is 1.29. The Hall–Kier alpha value is -4.14. The third-order valence-electron chi connectivity index (χ3n) is 15.6. The average Bonchev–Trinajstić information content (AvgIpc) is 4.04. The van der Waals surface area contributed by atoms with E-state index < -0.39 is 87.5 Å². The maximum absolute atomic E-state index is 14.9. The van der Waals surface area contributed by atoms with Crippen LogP contribution in [0.5, 0.6) is 0 Å². The lowest BCUT2D eigenvalue weighted by molar-refractivity contribution is -0.209. The molecule has 5 fully saturated rings. The summed E-state index contributed by atoms with van der Waals surface area (Å²) in [6.07, 6.45) is 2.05. The molecule has 3 heterocycles. The number of fused-ring (bicyclic) bond motifs is 9. The van der Waals surface area contributed by atoms with Crippen molar-refractivity contribution in [2.45, 2.75) is 88.8 Å². The molecule has 10 rings (SSSR count). The molecule has 5 saturated carbocycles. The van der Waals surface area contributed by atoms with Gasteiger partial charge in [-0.1, -0.05) is 6.92 Å². The van der Waals surface area contributed by atoms with Crippen LogP contribution in [0.25, 0.3) is 0 Å². The van der Waals surface area contributed by atoms with E-state index in [-0.39, 0.29) is 84.9 Å². The van der Waals surface area contributed by atoms with Gasteiger partial charge in [-0.25, -0.2) is 14.4 Å². The summed E-state index contributed by atoms with van der Waals surface area (Å²) in [5.74, 6) is -8.69. The summed E-state index contributed by atoms with van der Waals surface area (Å²) in [5, 5.41) is 25.9. The van der Waals surface area contributed by atoms with Crippen LogP contribution >= 0.6 is 0 Å². The Balaban J connectivity index is 1.22. The van der Waals surface area contributed by atoms with Crippen molar-refractivity contribution >= 4 is 35.6 Å². The quantitative estimate of drug-likeness (QED) is 0.291. The van der Waals surface area contributed by atoms with Crippen molar-refractivity contribution in [3.63, 3.8) is 0 Å². The minimum Gasteiger partial charge on any atom is -0.461 e. The summed E-state index contributed by atoms with van der Waals surface area (Å²) in [4.78, 5) is 81.5. The number of carbonyl (C=O) groups excluding carboxylic acids is 6. The molecule has 54 heavy (non-hydrogen) atoms. The van der Waals surface area contributed by atoms with Crippen LogP contribution in [0.15, 0.2) is 45.1 Å². The molecule has 0 saturated heterocycles. The lowest BCUT2D eigenvalue weighted by Crippen LogP contribution is -2.68. The van der Waals surface area contributed by atoms with Crippen LogP contribution in [0.2, 0.25) is 0 Å². The van der Waals surface area contributed by atoms with Gasteiger partial charge in [-0.3, -0.25) is 14.4 Å². The van der Waals surface area contributed by atoms with Gasteiger partial charge in [-0.15, -0.1) is 0 Å². The van der Waals surface area contributed by atoms with Crippen molar-refractivity contribution in [3.05, 3.63) is 45.1 Å². The van der Waals surface area contributed by atoms with E-state index in [2.05, 4.69) is 0 Å². The molecule has 0 radical (unpaired) electrons. The van der Waals surface area contributed by atoms with Gasteiger partial charge in [0.25, 0.3) is 0 Å². The molecule has 0 aromatic carbocycles. The number of ether oxygens (including phenoxy) is 6. The third kappa shape index (κ3) is 3.64. The van der Waals surface area contributed by atoms with Gasteiger partial charge in [0.05, 0.1) is 29.4 Å². The van der Waals surface area contributed by atoms with Crippen LogP contribution in [-0.2, 0) is 57.2 Å². The number of Topliss-reactive ketones (excluding diaryl/α,β-unsaturated/α-hetero) is 1. The van der Waals surface area contributed by atoms with Gasteiger partial charge in [0, 0.05) is 41.2 Å². The van der Waals surface area contributed by atoms with E-state index >= 15 is 0 Å². The second-order valence-corrected chi connectivity index (χ2v) is 17.6. The number of ketones is 1. The van der Waals surface area contributed by atoms with Gasteiger partial charge in [0.1, 0.15) is 25.4 Å². The van der Waals surface area contributed by atoms with Gasteiger partial charge in [0.2, 0.25) is 5.78 Å². The molecule has 0 aromatic rings. The topological polar surface area (TPSA) is 198 Å². The zero-order chi connectivity index (χ0) is 38.3. The van der Waals surface area contributed by atoms with Crippen molar-refractivity contribution in [2.75, 3.05) is 26.9 Å². The summed E-state index contributed by atoms with van der Waals surface area (Å²) in [6, 6.07) is 0. The van der Waals surface area contributed by atoms with Crippen LogP contribution in [0, 0.1) is 46.3 Å². The molecular formula is C40H42O14. The van der Waals surface area contributed by atoms with Crippen molar-refractivity contribution in [3.8, 4) is 0 Å². The van der Waals surface area contributed by atoms with E-state index in [1.807, 2.05) is 6.92 Å². The van der Waals surface area contributed by atoms with E-state index in [0.29, 0.717) is 29.6 Å². The van der Waals surface area contributed by atoms with Gasteiger partial charge in [-0.05, 0) is 92.8 Å². The van der Waals surface area contributed by atoms with E-state index in [4.69, 9.17) is 28.4 Å². The molecule has 2 N–H and O–H groups in total. The smallest absolute Gasteiger partial charge is 0.338 e. The standard InChI is InChI=1S/C40H42O14/c1-16-8-9-50-26(41)6-7-27(42)51-14-18-19-12-24-35(3,20-10-23(20)38(24,48)15-52-31(16)43)25-13-37(47)22-11-21(22)36(4)30(37)29(39(19,25)53-33(18)45)28-17(2)32(44)54-40(28,49-5)34(36)46/h8,20-25,47-48H,6-7,9-15H2,1-5H3/b16-8+/t20-,21-,22+,23+,24-,25+,35+,36+,37+,38+,39+,40+/m1/s1. The van der Waals surface area contributed by atoms with Crippen LogP contribution in [0.4, 0.5) is 0 Å². The fourth-order valence-electron chi connectivity index (χ4n) is 13.1. The van der Waals surface area contributed by atoms with E-state index in [1.54, 1.807) is 6.92 Å². The molecule has 10 aliphatic rings. The van der Waals surface area contributed by atoms with Crippen molar-refractivity contribution < 1.29 is 67.4 Å². The molecule has 3 aliphatic heterocycles. The van der Waals surface area contributed by atoms with Gasteiger partial charge < -0.3 is 38.6 Å². The number of esters is 5. The monoisotopic (exact) mass is 746 g/mol. The fourth-order valence-corrected chi connectivity index (χ4v) is 13.1. The molecule has 286 valence electrons. The van der Waals surface area contributed by atoms with Crippen LogP contribution < -0.4 is 0 Å². The summed E-state index contributed by atoms with van der Waals surface area (Å²) >= 11 is 0. The van der Waals surface area contributed by atoms with Gasteiger partial charge >= 0.3 is 35.6 Å². The second-order valence-electron chi connectivity index (χ2n) is 17.6. The minimum absolute atomic E-state index is 0.0320. The highest BCUT2D eigenvalue weighted by molar-refractivity contribution is 6.10. The Morgan fingerprint density at radius 1 is 0.796 bits per heavy atom. The zero-order valence-electron chi connectivity index (χ0n) is 30.7. The Morgan fingerprint density at radius 3 is 2.22 bits per heavy atom. The Morgan fingerprint density at radius 2 is 1.50 bits per heavy atom. The normalized spacial score (nSPS) is 49.6. The van der Waals surface area contributed by atoms with E-state index in [0.717, 1.165) is 0 Å². The predicted molar refractivity (Wildman–Crippen MR) is 178 cm³/mol. The highest BCUT2D eigenvalue weighted by Crippen LogP contribution is 2.84. The summed E-state index contributed by atoms with van der Waals surface area (Å²) in [6.45, 7) is 5.77. The summed E-state index contributed by atoms with van der Waals surface area (Å²) < 4.78 is 35.2. The van der Waals surface area contributed by atoms with Crippen molar-refractivity contribution in [1.29, 1.82) is 0 Å². The zero-order valence-corrected chi connectivity index (χ0v) is 30.7. The Bertz CT molecular complexity index is 2090. The first-order valence-electron chi connectivity index (χ1n) is 18.8. The molecule has 2 bridgehead atoms. The average molecular weight is 747 g/mol. The first-order valence-corrected chi connectivity index (χ1v) is 18.8. The highest BCUT2D eigenvalue weighted by Gasteiger charge is 2.88. The second kappa shape index (κ2) is 10.2. The number of carbonyl (C=O) groups is 6. The number of cyclic esters (lactones) is 3. The molecule has 0 aromatic heterocycles. The molecule has 7 aliphatic carbocycles. The van der Waals surface area contributed by atoms with Crippen LogP contribution in [-0.4, -0.2) is 95.4 Å². The van der Waals surface area contributed by atoms with Gasteiger partial charge in [-0.2, -0.15) is 0 Å². The van der Waals surface area contributed by atoms with Gasteiger partial charge in [0.15, 0.2) is 5.60 Å². The Kier molecular flexibility index (Phi) is 6.48. The lowest BCUT2D eigenvalue weighted by atomic mass is 9.42. The number of hydrogen-bond acceptors (Lipinski definition) is 14. The number of rotatable bonds is 1. The maximum Gasteiger partial charge on any atom is 0.338 e. The van der Waals surface area contributed by atoms with Crippen LogP contribution in [0.3, 0.4) is 0 Å².